The number of hydrogen-bond acceptors (Lipinski definition) is 4. The number of carbonyl (C=O) groups is 2. The van der Waals surface area contributed by atoms with E-state index in [-0.39, 0.29) is 18.2 Å². The Morgan fingerprint density at radius 3 is 2.43 bits per heavy atom. The molecule has 2 aromatic rings. The van der Waals surface area contributed by atoms with Crippen molar-refractivity contribution >= 4 is 40.1 Å². The molecule has 1 N–H and O–H groups in total. The van der Waals surface area contributed by atoms with Gasteiger partial charge in [-0.3, -0.25) is 14.5 Å². The van der Waals surface area contributed by atoms with Crippen LogP contribution >= 0.6 is 11.8 Å². The summed E-state index contributed by atoms with van der Waals surface area (Å²) < 4.78 is 0. The molecule has 0 aliphatic carbocycles. The van der Waals surface area contributed by atoms with Gasteiger partial charge in [0.15, 0.2) is 5.17 Å². The van der Waals surface area contributed by atoms with Gasteiger partial charge in [0.1, 0.15) is 5.25 Å². The van der Waals surface area contributed by atoms with Crippen LogP contribution in [0.15, 0.2) is 47.5 Å². The molecule has 3 rings (SSSR count). The van der Waals surface area contributed by atoms with Gasteiger partial charge in [0.25, 0.3) is 0 Å². The number of unbranched alkanes of at least 4 members (excludes halogenated alkanes) is 1. The Hall–Kier alpha value is -2.60. The summed E-state index contributed by atoms with van der Waals surface area (Å²) in [4.78, 5) is 32.2. The van der Waals surface area contributed by atoms with E-state index in [1.54, 1.807) is 4.90 Å². The summed E-state index contributed by atoms with van der Waals surface area (Å²) in [6.45, 7) is 8.74. The third kappa shape index (κ3) is 5.30. The molecule has 1 aliphatic heterocycles. The van der Waals surface area contributed by atoms with E-state index in [9.17, 15) is 9.59 Å². The fourth-order valence-electron chi connectivity index (χ4n) is 3.60. The number of thioether (sulfide) groups is 1. The summed E-state index contributed by atoms with van der Waals surface area (Å²) in [6.07, 6.45) is 2.03. The topological polar surface area (TPSA) is 61.8 Å². The Morgan fingerprint density at radius 2 is 1.80 bits per heavy atom. The van der Waals surface area contributed by atoms with Gasteiger partial charge in [-0.25, -0.2) is 4.99 Å². The zero-order chi connectivity index (χ0) is 21.7. The maximum Gasteiger partial charge on any atom is 0.242 e. The molecule has 0 spiro atoms. The Bertz CT molecular complexity index is 933. The van der Waals surface area contributed by atoms with Gasteiger partial charge in [-0.05, 0) is 50.5 Å². The van der Waals surface area contributed by atoms with Gasteiger partial charge >= 0.3 is 0 Å². The number of benzene rings is 2. The lowest BCUT2D eigenvalue weighted by Gasteiger charge is -2.16. The molecule has 158 valence electrons. The Morgan fingerprint density at radius 1 is 1.13 bits per heavy atom. The minimum atomic E-state index is -0.449. The van der Waals surface area contributed by atoms with Crippen LogP contribution in [-0.4, -0.2) is 33.7 Å². The van der Waals surface area contributed by atoms with Gasteiger partial charge < -0.3 is 5.32 Å². The predicted octanol–water partition coefficient (Wildman–Crippen LogP) is 5.37. The largest absolute Gasteiger partial charge is 0.326 e. The van der Waals surface area contributed by atoms with Crippen LogP contribution < -0.4 is 5.32 Å². The van der Waals surface area contributed by atoms with Crippen LogP contribution in [0.4, 0.5) is 11.4 Å². The Labute approximate surface area is 183 Å². The molecular weight excluding hydrogens is 394 g/mol. The highest BCUT2D eigenvalue weighted by atomic mass is 32.2. The number of aryl methyl sites for hydroxylation is 3. The first-order valence-electron chi connectivity index (χ1n) is 10.4. The number of para-hydroxylation sites is 1. The fraction of sp³-hybridized carbons (Fsp3) is 0.375. The lowest BCUT2D eigenvalue weighted by Crippen LogP contribution is -2.34. The van der Waals surface area contributed by atoms with Crippen LogP contribution in [0, 0.1) is 20.8 Å². The summed E-state index contributed by atoms with van der Waals surface area (Å²) in [7, 11) is 0. The van der Waals surface area contributed by atoms with Crippen LogP contribution in [0.25, 0.3) is 0 Å². The molecule has 2 aromatic carbocycles. The van der Waals surface area contributed by atoms with Crippen molar-refractivity contribution in [2.75, 3.05) is 11.9 Å². The van der Waals surface area contributed by atoms with E-state index < -0.39 is 5.25 Å². The number of nitrogens with one attached hydrogen (secondary N) is 1. The standard InChI is InChI=1S/C24H29N3O2S/c1-5-6-12-27-23(29)20(30-24(27)25-19-10-8-7-9-11-19)15-21(28)26-22-17(3)13-16(2)14-18(22)4/h7-11,13-14,20H,5-6,12,15H2,1-4H3,(H,26,28)/t20-/m1/s1. The van der Waals surface area contributed by atoms with Gasteiger partial charge in [0.05, 0.1) is 5.69 Å². The van der Waals surface area contributed by atoms with Crippen molar-refractivity contribution in [3.63, 3.8) is 0 Å². The fourth-order valence-corrected chi connectivity index (χ4v) is 4.78. The number of amides is 2. The highest BCUT2D eigenvalue weighted by Gasteiger charge is 2.38. The van der Waals surface area contributed by atoms with E-state index in [1.165, 1.54) is 11.8 Å². The number of hydrogen-bond donors (Lipinski definition) is 1. The van der Waals surface area contributed by atoms with Crippen LogP contribution in [0.3, 0.4) is 0 Å². The first-order chi connectivity index (χ1) is 14.4. The van der Waals surface area contributed by atoms with E-state index in [2.05, 4.69) is 29.4 Å². The molecule has 0 aromatic heterocycles. The number of amidine groups is 1. The van der Waals surface area contributed by atoms with Crippen molar-refractivity contribution in [2.45, 2.75) is 52.2 Å². The molecule has 0 radical (unpaired) electrons. The molecule has 5 nitrogen and oxygen atoms in total. The van der Waals surface area contributed by atoms with Crippen LogP contribution in [-0.2, 0) is 9.59 Å². The second-order valence-electron chi connectivity index (χ2n) is 7.71. The molecule has 0 bridgehead atoms. The summed E-state index contributed by atoms with van der Waals surface area (Å²) in [6, 6.07) is 13.7. The van der Waals surface area contributed by atoms with Crippen molar-refractivity contribution in [1.82, 2.24) is 4.90 Å². The first-order valence-corrected chi connectivity index (χ1v) is 11.3. The van der Waals surface area contributed by atoms with Crippen LogP contribution in [0.2, 0.25) is 0 Å². The maximum absolute atomic E-state index is 13.0. The highest BCUT2D eigenvalue weighted by Crippen LogP contribution is 2.32. The van der Waals surface area contributed by atoms with Gasteiger partial charge in [-0.15, -0.1) is 0 Å². The van der Waals surface area contributed by atoms with Crippen molar-refractivity contribution in [2.24, 2.45) is 4.99 Å². The molecule has 1 fully saturated rings. The van der Waals surface area contributed by atoms with E-state index in [0.717, 1.165) is 40.9 Å². The van der Waals surface area contributed by atoms with E-state index in [4.69, 9.17) is 0 Å². The Balaban J connectivity index is 1.75. The number of carbonyl (C=O) groups excluding carboxylic acids is 2. The number of aliphatic imine (C=N–C) groups is 1. The van der Waals surface area contributed by atoms with Crippen molar-refractivity contribution in [1.29, 1.82) is 0 Å². The normalized spacial score (nSPS) is 17.6. The number of rotatable bonds is 7. The maximum atomic E-state index is 13.0. The molecule has 0 saturated carbocycles. The molecule has 1 heterocycles. The molecule has 6 heteroatoms. The SMILES string of the molecule is CCCCN1C(=O)[C@@H](CC(=O)Nc2c(C)cc(C)cc2C)SC1=Nc1ccccc1. The molecule has 30 heavy (non-hydrogen) atoms. The van der Waals surface area contributed by atoms with E-state index >= 15 is 0 Å². The molecular formula is C24H29N3O2S. The van der Waals surface area contributed by atoms with Crippen LogP contribution in [0.5, 0.6) is 0 Å². The highest BCUT2D eigenvalue weighted by molar-refractivity contribution is 8.15. The predicted molar refractivity (Wildman–Crippen MR) is 125 cm³/mol. The number of anilines is 1. The lowest BCUT2D eigenvalue weighted by molar-refractivity contribution is -0.128. The van der Waals surface area contributed by atoms with Gasteiger partial charge in [-0.1, -0.05) is 61.0 Å². The summed E-state index contributed by atoms with van der Waals surface area (Å²) in [5, 5.41) is 3.24. The summed E-state index contributed by atoms with van der Waals surface area (Å²) in [5.41, 5.74) is 4.87. The second kappa shape index (κ2) is 9.94. The summed E-state index contributed by atoms with van der Waals surface area (Å²) >= 11 is 1.39. The van der Waals surface area contributed by atoms with Gasteiger partial charge in [0.2, 0.25) is 11.8 Å². The molecule has 0 unspecified atom stereocenters. The lowest BCUT2D eigenvalue weighted by atomic mass is 10.0. The smallest absolute Gasteiger partial charge is 0.242 e. The van der Waals surface area contributed by atoms with Crippen molar-refractivity contribution < 1.29 is 9.59 Å². The average Bonchev–Trinajstić information content (AvgIpc) is 2.98. The Kier molecular flexibility index (Phi) is 7.32. The zero-order valence-electron chi connectivity index (χ0n) is 18.1. The minimum absolute atomic E-state index is 0.0318. The summed E-state index contributed by atoms with van der Waals surface area (Å²) in [5.74, 6) is -0.178. The van der Waals surface area contributed by atoms with Crippen molar-refractivity contribution in [3.05, 3.63) is 59.2 Å². The molecule has 1 aliphatic rings. The second-order valence-corrected chi connectivity index (χ2v) is 8.88. The third-order valence-corrected chi connectivity index (χ3v) is 6.22. The van der Waals surface area contributed by atoms with Gasteiger partial charge in [0, 0.05) is 18.7 Å². The third-order valence-electron chi connectivity index (χ3n) is 5.05. The number of nitrogens with zero attached hydrogens (tertiary/aromatic N) is 2. The molecule has 2 amide bonds. The van der Waals surface area contributed by atoms with Gasteiger partial charge in [-0.2, -0.15) is 0 Å². The van der Waals surface area contributed by atoms with E-state index in [1.807, 2.05) is 51.1 Å². The van der Waals surface area contributed by atoms with E-state index in [0.29, 0.717) is 11.7 Å². The average molecular weight is 424 g/mol. The van der Waals surface area contributed by atoms with Crippen LogP contribution in [0.1, 0.15) is 42.9 Å². The van der Waals surface area contributed by atoms with Crippen molar-refractivity contribution in [3.8, 4) is 0 Å². The first kappa shape index (κ1) is 22.1. The minimum Gasteiger partial charge on any atom is -0.326 e. The zero-order valence-corrected chi connectivity index (χ0v) is 18.9. The molecule has 1 saturated heterocycles. The molecule has 1 atom stereocenters. The monoisotopic (exact) mass is 423 g/mol. The quantitative estimate of drug-likeness (QED) is 0.651.